The molecule has 14 heavy (non-hydrogen) atoms. The minimum Gasteiger partial charge on any atom is -0.481 e. The van der Waals surface area contributed by atoms with Gasteiger partial charge in [0.25, 0.3) is 0 Å². The monoisotopic (exact) mass is 221 g/mol. The number of carbonyl (C=O) groups is 2. The average Bonchev–Trinajstić information content (AvgIpc) is 1.98. The summed E-state index contributed by atoms with van der Waals surface area (Å²) in [7, 11) is -0.879. The van der Waals surface area contributed by atoms with Gasteiger partial charge in [-0.2, -0.15) is 0 Å². The van der Waals surface area contributed by atoms with Gasteiger partial charge in [0.15, 0.2) is 0 Å². The molecule has 0 saturated carbocycles. The van der Waals surface area contributed by atoms with Crippen LogP contribution in [0.2, 0.25) is 0 Å². The van der Waals surface area contributed by atoms with Crippen molar-refractivity contribution in [2.75, 3.05) is 12.0 Å². The number of rotatable bonds is 6. The summed E-state index contributed by atoms with van der Waals surface area (Å²) in [6.07, 6.45) is 1.67. The maximum absolute atomic E-state index is 10.9. The van der Waals surface area contributed by atoms with Crippen LogP contribution in [0.1, 0.15) is 19.8 Å². The highest BCUT2D eigenvalue weighted by atomic mass is 32.2. The first-order valence-electron chi connectivity index (χ1n) is 4.23. The summed E-state index contributed by atoms with van der Waals surface area (Å²) < 4.78 is 10.7. The van der Waals surface area contributed by atoms with Gasteiger partial charge in [0, 0.05) is 28.9 Å². The Kier molecular flexibility index (Phi) is 6.11. The zero-order chi connectivity index (χ0) is 11.1. The van der Waals surface area contributed by atoms with Gasteiger partial charge in [0.2, 0.25) is 5.91 Å². The lowest BCUT2D eigenvalue weighted by Gasteiger charge is -2.11. The molecule has 2 N–H and O–H groups in total. The zero-order valence-electron chi connectivity index (χ0n) is 8.28. The second-order valence-electron chi connectivity index (χ2n) is 3.11. The molecule has 0 fully saturated rings. The first-order valence-corrected chi connectivity index (χ1v) is 5.95. The molecular formula is C8H15NO4S. The molecule has 6 heteroatoms. The molecule has 2 atom stereocenters. The van der Waals surface area contributed by atoms with E-state index in [0.717, 1.165) is 0 Å². The zero-order valence-corrected chi connectivity index (χ0v) is 9.10. The highest BCUT2D eigenvalue weighted by Crippen LogP contribution is 1.93. The fraction of sp³-hybridized carbons (Fsp3) is 0.750. The first kappa shape index (κ1) is 13.1. The Balaban J connectivity index is 3.71. The number of nitrogens with one attached hydrogen (secondary N) is 1. The van der Waals surface area contributed by atoms with Crippen LogP contribution >= 0.6 is 0 Å². The van der Waals surface area contributed by atoms with Gasteiger partial charge in [-0.3, -0.25) is 13.8 Å². The third kappa shape index (κ3) is 7.72. The highest BCUT2D eigenvalue weighted by Gasteiger charge is 2.10. The predicted molar refractivity (Wildman–Crippen MR) is 53.4 cm³/mol. The van der Waals surface area contributed by atoms with Crippen molar-refractivity contribution >= 4 is 22.7 Å². The number of carboxylic acid groups (broad SMARTS) is 1. The topological polar surface area (TPSA) is 83.5 Å². The summed E-state index contributed by atoms with van der Waals surface area (Å²) in [5.74, 6) is -1.14. The van der Waals surface area contributed by atoms with Gasteiger partial charge in [0.1, 0.15) is 6.42 Å². The van der Waals surface area contributed by atoms with Crippen LogP contribution in [0.3, 0.4) is 0 Å². The smallest absolute Gasteiger partial charge is 0.312 e. The van der Waals surface area contributed by atoms with Crippen LogP contribution in [0.5, 0.6) is 0 Å². The van der Waals surface area contributed by atoms with E-state index in [2.05, 4.69) is 5.32 Å². The largest absolute Gasteiger partial charge is 0.481 e. The molecule has 0 aliphatic rings. The fourth-order valence-electron chi connectivity index (χ4n) is 0.878. The Hall–Kier alpha value is -0.910. The molecule has 0 aliphatic heterocycles. The molecule has 0 aromatic rings. The molecule has 0 aromatic carbocycles. The molecule has 0 aliphatic carbocycles. The van der Waals surface area contributed by atoms with Gasteiger partial charge in [0.05, 0.1) is 0 Å². The Morgan fingerprint density at radius 3 is 2.50 bits per heavy atom. The fourth-order valence-corrected chi connectivity index (χ4v) is 1.56. The SMILES string of the molecule is CC(CCS(C)=O)NC(=O)CC(=O)O. The third-order valence-corrected chi connectivity index (χ3v) is 2.37. The number of aliphatic carboxylic acids is 1. The lowest BCUT2D eigenvalue weighted by Crippen LogP contribution is -2.34. The summed E-state index contributed by atoms with van der Waals surface area (Å²) in [4.78, 5) is 21.1. The number of hydrogen-bond donors (Lipinski definition) is 2. The normalized spacial score (nSPS) is 14.4. The van der Waals surface area contributed by atoms with Gasteiger partial charge >= 0.3 is 5.97 Å². The van der Waals surface area contributed by atoms with Gasteiger partial charge in [-0.05, 0) is 13.3 Å². The molecule has 0 rings (SSSR count). The van der Waals surface area contributed by atoms with Crippen molar-refractivity contribution in [3.05, 3.63) is 0 Å². The first-order chi connectivity index (χ1) is 6.41. The second-order valence-corrected chi connectivity index (χ2v) is 4.66. The van der Waals surface area contributed by atoms with Crippen LogP contribution in [0.25, 0.3) is 0 Å². The number of hydrogen-bond acceptors (Lipinski definition) is 3. The lowest BCUT2D eigenvalue weighted by atomic mass is 10.2. The van der Waals surface area contributed by atoms with E-state index in [1.165, 1.54) is 0 Å². The van der Waals surface area contributed by atoms with Crippen molar-refractivity contribution < 1.29 is 18.9 Å². The standard InChI is InChI=1S/C8H15NO4S/c1-6(3-4-14(2)13)9-7(10)5-8(11)12/h6H,3-5H2,1-2H3,(H,9,10)(H,11,12). The summed E-state index contributed by atoms with van der Waals surface area (Å²) in [5.41, 5.74) is 0. The molecule has 1 amide bonds. The molecule has 0 aromatic heterocycles. The Morgan fingerprint density at radius 1 is 1.50 bits per heavy atom. The van der Waals surface area contributed by atoms with Crippen molar-refractivity contribution in [3.8, 4) is 0 Å². The van der Waals surface area contributed by atoms with Gasteiger partial charge in [-0.25, -0.2) is 0 Å². The molecule has 82 valence electrons. The minimum absolute atomic E-state index is 0.134. The highest BCUT2D eigenvalue weighted by molar-refractivity contribution is 7.84. The summed E-state index contributed by atoms with van der Waals surface area (Å²) in [5, 5.41) is 10.8. The van der Waals surface area contributed by atoms with Crippen molar-refractivity contribution in [2.24, 2.45) is 0 Å². The van der Waals surface area contributed by atoms with Crippen LogP contribution in [-0.4, -0.2) is 39.2 Å². The molecule has 0 bridgehead atoms. The lowest BCUT2D eigenvalue weighted by molar-refractivity contribution is -0.140. The van der Waals surface area contributed by atoms with Crippen LogP contribution in [0.4, 0.5) is 0 Å². The van der Waals surface area contributed by atoms with E-state index < -0.39 is 29.1 Å². The summed E-state index contributed by atoms with van der Waals surface area (Å²) in [6, 6.07) is -0.134. The van der Waals surface area contributed by atoms with E-state index in [-0.39, 0.29) is 6.04 Å². The van der Waals surface area contributed by atoms with E-state index in [9.17, 15) is 13.8 Å². The Labute approximate surface area is 85.3 Å². The van der Waals surface area contributed by atoms with E-state index in [4.69, 9.17) is 5.11 Å². The van der Waals surface area contributed by atoms with E-state index >= 15 is 0 Å². The van der Waals surface area contributed by atoms with E-state index in [1.807, 2.05) is 0 Å². The van der Waals surface area contributed by atoms with Gasteiger partial charge in [-0.1, -0.05) is 0 Å². The molecule has 0 radical (unpaired) electrons. The molecular weight excluding hydrogens is 206 g/mol. The van der Waals surface area contributed by atoms with Crippen LogP contribution in [0.15, 0.2) is 0 Å². The maximum atomic E-state index is 10.9. The Morgan fingerprint density at radius 2 is 2.07 bits per heavy atom. The van der Waals surface area contributed by atoms with E-state index in [0.29, 0.717) is 12.2 Å². The predicted octanol–water partition coefficient (Wildman–Crippen LogP) is -0.266. The van der Waals surface area contributed by atoms with Crippen LogP contribution < -0.4 is 5.32 Å². The summed E-state index contributed by atoms with van der Waals surface area (Å²) in [6.45, 7) is 1.76. The number of carbonyl (C=O) groups excluding carboxylic acids is 1. The van der Waals surface area contributed by atoms with Crippen molar-refractivity contribution in [1.82, 2.24) is 5.32 Å². The Bertz CT molecular complexity index is 241. The summed E-state index contributed by atoms with van der Waals surface area (Å²) >= 11 is 0. The minimum atomic E-state index is -1.14. The van der Waals surface area contributed by atoms with Crippen LogP contribution in [0, 0.1) is 0 Å². The number of amides is 1. The molecule has 2 unspecified atom stereocenters. The molecule has 5 nitrogen and oxygen atoms in total. The van der Waals surface area contributed by atoms with Gasteiger partial charge in [-0.15, -0.1) is 0 Å². The van der Waals surface area contributed by atoms with Crippen LogP contribution in [-0.2, 0) is 20.4 Å². The molecule has 0 saturated heterocycles. The third-order valence-electron chi connectivity index (χ3n) is 1.56. The van der Waals surface area contributed by atoms with Crippen molar-refractivity contribution in [2.45, 2.75) is 25.8 Å². The molecule has 0 spiro atoms. The van der Waals surface area contributed by atoms with Crippen molar-refractivity contribution in [1.29, 1.82) is 0 Å². The molecule has 0 heterocycles. The number of carboxylic acids is 1. The van der Waals surface area contributed by atoms with Gasteiger partial charge < -0.3 is 10.4 Å². The quantitative estimate of drug-likeness (QED) is 0.605. The average molecular weight is 221 g/mol. The second kappa shape index (κ2) is 6.53. The van der Waals surface area contributed by atoms with E-state index in [1.54, 1.807) is 13.2 Å². The maximum Gasteiger partial charge on any atom is 0.312 e. The van der Waals surface area contributed by atoms with Crippen molar-refractivity contribution in [3.63, 3.8) is 0 Å².